The Kier molecular flexibility index (Phi) is 3.14. The number of anilines is 2. The first-order chi connectivity index (χ1) is 9.22. The smallest absolute Gasteiger partial charge is 0.232 e. The second-order valence-corrected chi connectivity index (χ2v) is 5.03. The summed E-state index contributed by atoms with van der Waals surface area (Å²) >= 11 is 0. The number of benzene rings is 1. The van der Waals surface area contributed by atoms with E-state index in [2.05, 4.69) is 17.1 Å². The summed E-state index contributed by atoms with van der Waals surface area (Å²) in [5.41, 5.74) is 1.06. The van der Waals surface area contributed by atoms with Gasteiger partial charge in [-0.25, -0.2) is 4.39 Å². The Morgan fingerprint density at radius 3 is 3.11 bits per heavy atom. The Balaban J connectivity index is 2.10. The van der Waals surface area contributed by atoms with Crippen molar-refractivity contribution in [3.63, 3.8) is 0 Å². The Bertz CT molecular complexity index is 506. The first-order valence-corrected chi connectivity index (χ1v) is 6.66. The number of ether oxygens (including phenoxy) is 1. The first kappa shape index (κ1) is 12.4. The highest BCUT2D eigenvalue weighted by Gasteiger charge is 2.41. The summed E-state index contributed by atoms with van der Waals surface area (Å²) in [7, 11) is 0. The van der Waals surface area contributed by atoms with Crippen LogP contribution in [-0.2, 0) is 9.53 Å². The van der Waals surface area contributed by atoms with Gasteiger partial charge in [-0.2, -0.15) is 0 Å². The lowest BCUT2D eigenvalue weighted by Gasteiger charge is -2.31. The molecule has 1 aromatic carbocycles. The van der Waals surface area contributed by atoms with E-state index in [-0.39, 0.29) is 23.7 Å². The lowest BCUT2D eigenvalue weighted by atomic mass is 10.0. The molecule has 0 saturated carbocycles. The van der Waals surface area contributed by atoms with E-state index in [9.17, 15) is 9.18 Å². The molecule has 1 fully saturated rings. The van der Waals surface area contributed by atoms with Crippen molar-refractivity contribution in [2.45, 2.75) is 19.4 Å². The van der Waals surface area contributed by atoms with Crippen LogP contribution in [0.25, 0.3) is 0 Å². The lowest BCUT2D eigenvalue weighted by molar-refractivity contribution is -0.120. The minimum absolute atomic E-state index is 0.00278. The van der Waals surface area contributed by atoms with Crippen LogP contribution in [0.2, 0.25) is 0 Å². The van der Waals surface area contributed by atoms with Gasteiger partial charge in [0.1, 0.15) is 11.5 Å². The van der Waals surface area contributed by atoms with Crippen molar-refractivity contribution in [1.29, 1.82) is 0 Å². The molecule has 0 spiro atoms. The average molecular weight is 264 g/mol. The number of hydrogen-bond acceptors (Lipinski definition) is 3. The number of carbonyl (C=O) groups excluding carboxylic acids is 1. The molecule has 0 aliphatic carbocycles. The number of carbonyl (C=O) groups is 1. The fourth-order valence-electron chi connectivity index (χ4n) is 2.90. The molecule has 1 saturated heterocycles. The second-order valence-electron chi connectivity index (χ2n) is 5.03. The average Bonchev–Trinajstić information content (AvgIpc) is 2.84. The maximum Gasteiger partial charge on any atom is 0.232 e. The number of para-hydroxylation sites is 1. The third-order valence-corrected chi connectivity index (χ3v) is 3.80. The number of amides is 1. The zero-order valence-corrected chi connectivity index (χ0v) is 10.9. The molecule has 0 radical (unpaired) electrons. The number of rotatable bonds is 2. The van der Waals surface area contributed by atoms with Gasteiger partial charge in [-0.3, -0.25) is 4.79 Å². The molecule has 2 unspecified atom stereocenters. The van der Waals surface area contributed by atoms with Gasteiger partial charge in [-0.05, 0) is 18.6 Å². The predicted octanol–water partition coefficient (Wildman–Crippen LogP) is 2.01. The van der Waals surface area contributed by atoms with Gasteiger partial charge >= 0.3 is 0 Å². The largest absolute Gasteiger partial charge is 0.378 e. The molecule has 1 aromatic rings. The Hall–Kier alpha value is -1.62. The quantitative estimate of drug-likeness (QED) is 0.888. The van der Waals surface area contributed by atoms with Crippen molar-refractivity contribution >= 4 is 17.3 Å². The van der Waals surface area contributed by atoms with E-state index < -0.39 is 0 Å². The molecule has 0 aromatic heterocycles. The van der Waals surface area contributed by atoms with Gasteiger partial charge in [0.15, 0.2) is 0 Å². The van der Waals surface area contributed by atoms with Gasteiger partial charge < -0.3 is 15.0 Å². The van der Waals surface area contributed by atoms with Gasteiger partial charge in [-0.15, -0.1) is 0 Å². The molecule has 1 amide bonds. The van der Waals surface area contributed by atoms with Crippen LogP contribution in [0, 0.1) is 11.7 Å². The summed E-state index contributed by atoms with van der Waals surface area (Å²) < 4.78 is 19.4. The normalized spacial score (nSPS) is 25.6. The van der Waals surface area contributed by atoms with Crippen molar-refractivity contribution in [1.82, 2.24) is 0 Å². The molecular weight excluding hydrogens is 247 g/mol. The van der Waals surface area contributed by atoms with Gasteiger partial charge in [0, 0.05) is 6.54 Å². The third kappa shape index (κ3) is 1.98. The highest BCUT2D eigenvalue weighted by Crippen LogP contribution is 2.37. The molecular formula is C14H17FN2O2. The Morgan fingerprint density at radius 2 is 2.32 bits per heavy atom. The van der Waals surface area contributed by atoms with Crippen LogP contribution < -0.4 is 10.2 Å². The predicted molar refractivity (Wildman–Crippen MR) is 70.8 cm³/mol. The van der Waals surface area contributed by atoms with E-state index >= 15 is 0 Å². The number of nitrogens with one attached hydrogen (secondary N) is 1. The maximum atomic E-state index is 13.9. The first-order valence-electron chi connectivity index (χ1n) is 6.66. The van der Waals surface area contributed by atoms with Crippen LogP contribution in [0.1, 0.15) is 13.3 Å². The van der Waals surface area contributed by atoms with Crippen molar-refractivity contribution in [3.8, 4) is 0 Å². The Morgan fingerprint density at radius 1 is 1.47 bits per heavy atom. The highest BCUT2D eigenvalue weighted by atomic mass is 19.1. The molecule has 0 bridgehead atoms. The van der Waals surface area contributed by atoms with Crippen LogP contribution in [0.5, 0.6) is 0 Å². The lowest BCUT2D eigenvalue weighted by Crippen LogP contribution is -2.42. The van der Waals surface area contributed by atoms with E-state index in [1.807, 2.05) is 6.07 Å². The monoisotopic (exact) mass is 264 g/mol. The van der Waals surface area contributed by atoms with E-state index in [0.717, 1.165) is 18.7 Å². The van der Waals surface area contributed by atoms with Crippen LogP contribution in [-0.4, -0.2) is 31.7 Å². The molecule has 102 valence electrons. The SMILES string of the molecule is CCCN1c2cccc(F)c2NC(=O)C2COCC21. The van der Waals surface area contributed by atoms with E-state index in [1.165, 1.54) is 6.07 Å². The number of hydrogen-bond donors (Lipinski definition) is 1. The molecule has 1 N–H and O–H groups in total. The summed E-state index contributed by atoms with van der Waals surface area (Å²) in [5, 5.41) is 2.71. The van der Waals surface area contributed by atoms with Gasteiger partial charge in [0.2, 0.25) is 5.91 Å². The molecule has 19 heavy (non-hydrogen) atoms. The molecule has 2 aliphatic heterocycles. The molecule has 3 rings (SSSR count). The third-order valence-electron chi connectivity index (χ3n) is 3.80. The van der Waals surface area contributed by atoms with Crippen molar-refractivity contribution in [2.75, 3.05) is 30.0 Å². The van der Waals surface area contributed by atoms with Gasteiger partial charge in [0.25, 0.3) is 0 Å². The Labute approximate surface area is 111 Å². The van der Waals surface area contributed by atoms with Crippen LogP contribution in [0.4, 0.5) is 15.8 Å². The topological polar surface area (TPSA) is 41.6 Å². The fourth-order valence-corrected chi connectivity index (χ4v) is 2.90. The summed E-state index contributed by atoms with van der Waals surface area (Å²) in [6, 6.07) is 4.91. The van der Waals surface area contributed by atoms with Crippen molar-refractivity contribution in [3.05, 3.63) is 24.0 Å². The molecule has 2 aliphatic rings. The minimum atomic E-state index is -0.382. The zero-order chi connectivity index (χ0) is 13.4. The maximum absolute atomic E-state index is 13.9. The standard InChI is InChI=1S/C14H17FN2O2/c1-2-6-17-11-5-3-4-10(15)13(11)16-14(18)9-7-19-8-12(9)17/h3-5,9,12H,2,6-8H2,1H3,(H,16,18). The second kappa shape index (κ2) is 4.81. The number of nitrogens with zero attached hydrogens (tertiary/aromatic N) is 1. The van der Waals surface area contributed by atoms with Gasteiger partial charge in [-0.1, -0.05) is 13.0 Å². The number of halogens is 1. The molecule has 2 heterocycles. The summed E-state index contributed by atoms with van der Waals surface area (Å²) in [4.78, 5) is 14.3. The number of fused-ring (bicyclic) bond motifs is 2. The van der Waals surface area contributed by atoms with Crippen LogP contribution >= 0.6 is 0 Å². The summed E-state index contributed by atoms with van der Waals surface area (Å²) in [6.45, 7) is 3.79. The van der Waals surface area contributed by atoms with E-state index in [4.69, 9.17) is 4.74 Å². The summed E-state index contributed by atoms with van der Waals surface area (Å²) in [6.07, 6.45) is 0.938. The van der Waals surface area contributed by atoms with Crippen molar-refractivity contribution < 1.29 is 13.9 Å². The minimum Gasteiger partial charge on any atom is -0.378 e. The molecule has 4 nitrogen and oxygen atoms in total. The summed E-state index contributed by atoms with van der Waals surface area (Å²) in [5.74, 6) is -0.751. The van der Waals surface area contributed by atoms with Crippen LogP contribution in [0.3, 0.4) is 0 Å². The van der Waals surface area contributed by atoms with Gasteiger partial charge in [0.05, 0.1) is 30.9 Å². The molecule has 5 heteroatoms. The van der Waals surface area contributed by atoms with Crippen molar-refractivity contribution in [2.24, 2.45) is 5.92 Å². The van der Waals surface area contributed by atoms with E-state index in [0.29, 0.717) is 18.9 Å². The molecule has 2 atom stereocenters. The van der Waals surface area contributed by atoms with Crippen LogP contribution in [0.15, 0.2) is 18.2 Å². The fraction of sp³-hybridized carbons (Fsp3) is 0.500. The zero-order valence-electron chi connectivity index (χ0n) is 10.9. The highest BCUT2D eigenvalue weighted by molar-refractivity contribution is 5.98. The van der Waals surface area contributed by atoms with E-state index in [1.54, 1.807) is 6.07 Å².